The lowest BCUT2D eigenvalue weighted by molar-refractivity contribution is 0.0982. The molecule has 0 bridgehead atoms. The molecule has 0 unspecified atom stereocenters. The zero-order chi connectivity index (χ0) is 18.1. The fraction of sp³-hybridized carbons (Fsp3) is 0.100. The number of rotatable bonds is 4. The van der Waals surface area contributed by atoms with Gasteiger partial charge in [-0.25, -0.2) is 4.98 Å². The first-order chi connectivity index (χ1) is 12.6. The maximum absolute atomic E-state index is 13.3. The summed E-state index contributed by atoms with van der Waals surface area (Å²) in [6.45, 7) is 2.40. The molecule has 0 aliphatic carbocycles. The van der Waals surface area contributed by atoms with Crippen molar-refractivity contribution in [3.05, 3.63) is 81.3 Å². The maximum Gasteiger partial charge on any atom is 0.261 e. The number of hydrogen-bond donors (Lipinski definition) is 0. The Morgan fingerprint density at radius 1 is 1.19 bits per heavy atom. The van der Waals surface area contributed by atoms with E-state index in [2.05, 4.69) is 35.6 Å². The number of amides is 1. The van der Waals surface area contributed by atoms with Gasteiger partial charge in [-0.05, 0) is 71.5 Å². The summed E-state index contributed by atoms with van der Waals surface area (Å²) in [7, 11) is 0. The van der Waals surface area contributed by atoms with Gasteiger partial charge in [0.15, 0.2) is 5.13 Å². The van der Waals surface area contributed by atoms with E-state index in [0.29, 0.717) is 17.2 Å². The highest BCUT2D eigenvalue weighted by Gasteiger charge is 2.24. The van der Waals surface area contributed by atoms with E-state index in [-0.39, 0.29) is 5.91 Å². The topological polar surface area (TPSA) is 46.3 Å². The van der Waals surface area contributed by atoms with Crippen LogP contribution in [0.15, 0.2) is 65.3 Å². The first-order valence-electron chi connectivity index (χ1n) is 8.08. The molecule has 4 rings (SSSR count). The van der Waals surface area contributed by atoms with Gasteiger partial charge < -0.3 is 4.42 Å². The Hall–Kier alpha value is -2.19. The van der Waals surface area contributed by atoms with Crippen LogP contribution >= 0.6 is 33.9 Å². The molecule has 26 heavy (non-hydrogen) atoms. The van der Waals surface area contributed by atoms with E-state index >= 15 is 0 Å². The minimum Gasteiger partial charge on any atom is -0.467 e. The van der Waals surface area contributed by atoms with Crippen LogP contribution in [0, 0.1) is 10.5 Å². The maximum atomic E-state index is 13.3. The monoisotopic (exact) mass is 474 g/mol. The largest absolute Gasteiger partial charge is 0.467 e. The lowest BCUT2D eigenvalue weighted by atomic mass is 10.2. The number of halogens is 1. The molecule has 4 aromatic rings. The second kappa shape index (κ2) is 7.20. The minimum absolute atomic E-state index is 0.0813. The Balaban J connectivity index is 1.79. The molecule has 0 aliphatic rings. The number of benzene rings is 2. The fourth-order valence-electron chi connectivity index (χ4n) is 2.70. The smallest absolute Gasteiger partial charge is 0.261 e. The number of furan rings is 1. The summed E-state index contributed by atoms with van der Waals surface area (Å²) < 4.78 is 7.46. The van der Waals surface area contributed by atoms with Crippen molar-refractivity contribution >= 4 is 55.2 Å². The summed E-state index contributed by atoms with van der Waals surface area (Å²) in [6, 6.07) is 17.4. The summed E-state index contributed by atoms with van der Waals surface area (Å²) in [5.41, 5.74) is 2.74. The average Bonchev–Trinajstić information content (AvgIpc) is 3.28. The van der Waals surface area contributed by atoms with Gasteiger partial charge in [-0.2, -0.15) is 0 Å². The van der Waals surface area contributed by atoms with Crippen LogP contribution < -0.4 is 4.90 Å². The van der Waals surface area contributed by atoms with Crippen molar-refractivity contribution in [1.29, 1.82) is 0 Å². The number of aryl methyl sites for hydroxylation is 1. The summed E-state index contributed by atoms with van der Waals surface area (Å²) in [4.78, 5) is 19.7. The highest BCUT2D eigenvalue weighted by molar-refractivity contribution is 14.1. The third kappa shape index (κ3) is 3.39. The number of anilines is 1. The predicted octanol–water partition coefficient (Wildman–Crippen LogP) is 5.65. The fourth-order valence-corrected chi connectivity index (χ4v) is 4.38. The first-order valence-corrected chi connectivity index (χ1v) is 9.97. The number of carbonyl (C=O) groups excluding carboxylic acids is 1. The highest BCUT2D eigenvalue weighted by atomic mass is 127. The molecule has 0 saturated carbocycles. The number of hydrogen-bond acceptors (Lipinski definition) is 4. The first kappa shape index (κ1) is 17.2. The van der Waals surface area contributed by atoms with Gasteiger partial charge in [0, 0.05) is 3.57 Å². The molecule has 6 heteroatoms. The molecule has 130 valence electrons. The van der Waals surface area contributed by atoms with E-state index in [0.717, 1.165) is 19.5 Å². The van der Waals surface area contributed by atoms with Crippen LogP contribution in [0.3, 0.4) is 0 Å². The molecule has 0 spiro atoms. The van der Waals surface area contributed by atoms with Crippen LogP contribution in [-0.4, -0.2) is 10.9 Å². The Bertz CT molecular complexity index is 1070. The molecule has 2 heterocycles. The normalized spacial score (nSPS) is 11.0. The van der Waals surface area contributed by atoms with Crippen molar-refractivity contribution in [1.82, 2.24) is 4.98 Å². The summed E-state index contributed by atoms with van der Waals surface area (Å²) in [5.74, 6) is 0.641. The van der Waals surface area contributed by atoms with Crippen LogP contribution in [0.4, 0.5) is 5.13 Å². The minimum atomic E-state index is -0.0813. The molecule has 0 atom stereocenters. The molecular formula is C20H15IN2O2S. The predicted molar refractivity (Wildman–Crippen MR) is 113 cm³/mol. The van der Waals surface area contributed by atoms with Gasteiger partial charge in [0.25, 0.3) is 5.91 Å². The van der Waals surface area contributed by atoms with Gasteiger partial charge in [0.05, 0.1) is 28.6 Å². The SMILES string of the molecule is Cc1ccc2nc(N(Cc3ccco3)C(=O)c3ccccc3I)sc2c1. The summed E-state index contributed by atoms with van der Waals surface area (Å²) >= 11 is 3.71. The molecule has 0 aliphatic heterocycles. The van der Waals surface area contributed by atoms with E-state index in [9.17, 15) is 4.79 Å². The Morgan fingerprint density at radius 2 is 2.04 bits per heavy atom. The van der Waals surface area contributed by atoms with E-state index < -0.39 is 0 Å². The quantitative estimate of drug-likeness (QED) is 0.359. The van der Waals surface area contributed by atoms with Crippen molar-refractivity contribution in [2.45, 2.75) is 13.5 Å². The number of fused-ring (bicyclic) bond motifs is 1. The molecule has 0 radical (unpaired) electrons. The third-order valence-electron chi connectivity index (χ3n) is 4.01. The standard InChI is InChI=1S/C20H15IN2O2S/c1-13-8-9-17-18(11-13)26-20(22-17)23(12-14-5-4-10-25-14)19(24)15-6-2-3-7-16(15)21/h2-11H,12H2,1H3. The Labute approximate surface area is 168 Å². The van der Waals surface area contributed by atoms with Gasteiger partial charge in [-0.1, -0.05) is 29.5 Å². The van der Waals surface area contributed by atoms with E-state index in [1.807, 2.05) is 48.5 Å². The van der Waals surface area contributed by atoms with Crippen LogP contribution in [0.2, 0.25) is 0 Å². The third-order valence-corrected chi connectivity index (χ3v) is 5.99. The second-order valence-corrected chi connectivity index (χ2v) is 8.09. The summed E-state index contributed by atoms with van der Waals surface area (Å²) in [5, 5.41) is 0.673. The average molecular weight is 474 g/mol. The van der Waals surface area contributed by atoms with Gasteiger partial charge in [0.1, 0.15) is 5.76 Å². The molecule has 0 fully saturated rings. The van der Waals surface area contributed by atoms with E-state index in [1.165, 1.54) is 16.9 Å². The van der Waals surface area contributed by atoms with Crippen LogP contribution in [0.5, 0.6) is 0 Å². The van der Waals surface area contributed by atoms with Crippen LogP contribution in [0.1, 0.15) is 21.7 Å². The van der Waals surface area contributed by atoms with Crippen LogP contribution in [-0.2, 0) is 6.54 Å². The van der Waals surface area contributed by atoms with Crippen molar-refractivity contribution in [2.24, 2.45) is 0 Å². The molecule has 0 N–H and O–H groups in total. The molecule has 2 aromatic heterocycles. The number of nitrogens with zero attached hydrogens (tertiary/aromatic N) is 2. The zero-order valence-electron chi connectivity index (χ0n) is 14.0. The van der Waals surface area contributed by atoms with Gasteiger partial charge >= 0.3 is 0 Å². The Kier molecular flexibility index (Phi) is 4.78. The molecule has 4 nitrogen and oxygen atoms in total. The van der Waals surface area contributed by atoms with Crippen molar-refractivity contribution in [3.8, 4) is 0 Å². The number of thiazole rings is 1. The van der Waals surface area contributed by atoms with Gasteiger partial charge in [-0.3, -0.25) is 9.69 Å². The second-order valence-electron chi connectivity index (χ2n) is 5.92. The molecule has 0 saturated heterocycles. The molecular weight excluding hydrogens is 459 g/mol. The Morgan fingerprint density at radius 3 is 2.81 bits per heavy atom. The summed E-state index contributed by atoms with van der Waals surface area (Å²) in [6.07, 6.45) is 1.62. The number of aromatic nitrogens is 1. The lowest BCUT2D eigenvalue weighted by Gasteiger charge is -2.19. The van der Waals surface area contributed by atoms with Crippen LogP contribution in [0.25, 0.3) is 10.2 Å². The zero-order valence-corrected chi connectivity index (χ0v) is 17.0. The van der Waals surface area contributed by atoms with Crippen molar-refractivity contribution < 1.29 is 9.21 Å². The van der Waals surface area contributed by atoms with Crippen molar-refractivity contribution in [2.75, 3.05) is 4.90 Å². The van der Waals surface area contributed by atoms with E-state index in [4.69, 9.17) is 9.40 Å². The molecule has 2 aromatic carbocycles. The van der Waals surface area contributed by atoms with Gasteiger partial charge in [-0.15, -0.1) is 0 Å². The van der Waals surface area contributed by atoms with Crippen molar-refractivity contribution in [3.63, 3.8) is 0 Å². The highest BCUT2D eigenvalue weighted by Crippen LogP contribution is 2.32. The number of carbonyl (C=O) groups is 1. The molecule has 1 amide bonds. The van der Waals surface area contributed by atoms with Gasteiger partial charge in [0.2, 0.25) is 0 Å². The lowest BCUT2D eigenvalue weighted by Crippen LogP contribution is -2.30. The van der Waals surface area contributed by atoms with E-state index in [1.54, 1.807) is 11.2 Å².